The highest BCUT2D eigenvalue weighted by molar-refractivity contribution is 5.36. The molecule has 0 atom stereocenters. The molecule has 0 amide bonds. The van der Waals surface area contributed by atoms with Crippen molar-refractivity contribution in [1.29, 1.82) is 0 Å². The maximum absolute atomic E-state index is 12.5. The van der Waals surface area contributed by atoms with Crippen molar-refractivity contribution in [3.05, 3.63) is 47.9 Å². The average Bonchev–Trinajstić information content (AvgIpc) is 2.47. The van der Waals surface area contributed by atoms with Crippen molar-refractivity contribution >= 4 is 5.82 Å². The SMILES string of the molecule is COc1ccc(CCNc2cc(C(F)(F)F)ncn2)cc1. The fourth-order valence-corrected chi connectivity index (χ4v) is 1.74. The Bertz CT molecular complexity index is 585. The van der Waals surface area contributed by atoms with Gasteiger partial charge in [-0.15, -0.1) is 0 Å². The van der Waals surface area contributed by atoms with E-state index in [9.17, 15) is 13.2 Å². The van der Waals surface area contributed by atoms with E-state index in [4.69, 9.17) is 4.74 Å². The molecule has 1 aromatic heterocycles. The number of ether oxygens (including phenoxy) is 1. The van der Waals surface area contributed by atoms with Gasteiger partial charge in [-0.2, -0.15) is 13.2 Å². The molecule has 0 spiro atoms. The van der Waals surface area contributed by atoms with Crippen LogP contribution in [-0.2, 0) is 12.6 Å². The first-order chi connectivity index (χ1) is 9.99. The number of nitrogens with one attached hydrogen (secondary N) is 1. The molecular formula is C14H14F3N3O. The molecule has 1 heterocycles. The van der Waals surface area contributed by atoms with Gasteiger partial charge in [0.25, 0.3) is 0 Å². The van der Waals surface area contributed by atoms with Crippen molar-refractivity contribution in [3.8, 4) is 5.75 Å². The van der Waals surface area contributed by atoms with E-state index in [1.807, 2.05) is 24.3 Å². The first kappa shape index (κ1) is 15.1. The van der Waals surface area contributed by atoms with E-state index in [-0.39, 0.29) is 5.82 Å². The lowest BCUT2D eigenvalue weighted by Crippen LogP contribution is -2.11. The van der Waals surface area contributed by atoms with E-state index < -0.39 is 11.9 Å². The van der Waals surface area contributed by atoms with Crippen LogP contribution in [-0.4, -0.2) is 23.6 Å². The summed E-state index contributed by atoms with van der Waals surface area (Å²) in [4.78, 5) is 6.98. The second-order valence-electron chi connectivity index (χ2n) is 4.31. The van der Waals surface area contributed by atoms with Crippen LogP contribution < -0.4 is 10.1 Å². The van der Waals surface area contributed by atoms with E-state index in [2.05, 4.69) is 15.3 Å². The lowest BCUT2D eigenvalue weighted by atomic mass is 10.1. The normalized spacial score (nSPS) is 11.2. The highest BCUT2D eigenvalue weighted by Crippen LogP contribution is 2.28. The Kier molecular flexibility index (Phi) is 4.62. The number of halogens is 3. The number of anilines is 1. The molecule has 0 fully saturated rings. The molecule has 21 heavy (non-hydrogen) atoms. The molecule has 2 rings (SSSR count). The molecule has 112 valence electrons. The fourth-order valence-electron chi connectivity index (χ4n) is 1.74. The zero-order valence-electron chi connectivity index (χ0n) is 11.3. The number of hydrogen-bond donors (Lipinski definition) is 1. The lowest BCUT2D eigenvalue weighted by molar-refractivity contribution is -0.141. The number of aromatic nitrogens is 2. The number of hydrogen-bond acceptors (Lipinski definition) is 4. The molecule has 0 aliphatic carbocycles. The van der Waals surface area contributed by atoms with Crippen LogP contribution >= 0.6 is 0 Å². The van der Waals surface area contributed by atoms with Gasteiger partial charge in [-0.05, 0) is 24.1 Å². The van der Waals surface area contributed by atoms with Crippen molar-refractivity contribution in [3.63, 3.8) is 0 Å². The topological polar surface area (TPSA) is 47.0 Å². The number of alkyl halides is 3. The number of benzene rings is 1. The number of nitrogens with zero attached hydrogens (tertiary/aromatic N) is 2. The van der Waals surface area contributed by atoms with Gasteiger partial charge < -0.3 is 10.1 Å². The minimum absolute atomic E-state index is 0.158. The molecule has 0 bridgehead atoms. The van der Waals surface area contributed by atoms with Gasteiger partial charge in [-0.25, -0.2) is 9.97 Å². The van der Waals surface area contributed by atoms with Gasteiger partial charge in [-0.1, -0.05) is 12.1 Å². The van der Waals surface area contributed by atoms with Crippen molar-refractivity contribution in [2.75, 3.05) is 19.0 Å². The summed E-state index contributed by atoms with van der Waals surface area (Å²) >= 11 is 0. The first-order valence-corrected chi connectivity index (χ1v) is 6.25. The third kappa shape index (κ3) is 4.34. The van der Waals surface area contributed by atoms with Crippen LogP contribution in [0.3, 0.4) is 0 Å². The van der Waals surface area contributed by atoms with Crippen molar-refractivity contribution < 1.29 is 17.9 Å². The number of rotatable bonds is 5. The Morgan fingerprint density at radius 3 is 2.48 bits per heavy atom. The van der Waals surface area contributed by atoms with Crippen LogP contribution in [0.5, 0.6) is 5.75 Å². The highest BCUT2D eigenvalue weighted by atomic mass is 19.4. The zero-order valence-corrected chi connectivity index (χ0v) is 11.3. The van der Waals surface area contributed by atoms with Gasteiger partial charge in [0.05, 0.1) is 7.11 Å². The summed E-state index contributed by atoms with van der Waals surface area (Å²) in [5.41, 5.74) is 0.0952. The van der Waals surface area contributed by atoms with Gasteiger partial charge in [0.15, 0.2) is 0 Å². The van der Waals surface area contributed by atoms with Crippen LogP contribution in [0, 0.1) is 0 Å². The third-order valence-electron chi connectivity index (χ3n) is 2.84. The van der Waals surface area contributed by atoms with Crippen LogP contribution in [0.15, 0.2) is 36.7 Å². The summed E-state index contributed by atoms with van der Waals surface area (Å²) in [6.07, 6.45) is -2.90. The summed E-state index contributed by atoms with van der Waals surface area (Å²) in [5.74, 6) is 0.920. The zero-order chi connectivity index (χ0) is 15.3. The van der Waals surface area contributed by atoms with Gasteiger partial charge >= 0.3 is 6.18 Å². The molecular weight excluding hydrogens is 283 g/mol. The summed E-state index contributed by atoms with van der Waals surface area (Å²) in [5, 5.41) is 2.85. The summed E-state index contributed by atoms with van der Waals surface area (Å²) in [6.45, 7) is 0.473. The first-order valence-electron chi connectivity index (χ1n) is 6.25. The highest BCUT2D eigenvalue weighted by Gasteiger charge is 2.32. The second-order valence-corrected chi connectivity index (χ2v) is 4.31. The molecule has 0 saturated carbocycles. The van der Waals surface area contributed by atoms with E-state index >= 15 is 0 Å². The van der Waals surface area contributed by atoms with Gasteiger partial charge in [-0.3, -0.25) is 0 Å². The standard InChI is InChI=1S/C14H14F3N3O/c1-21-11-4-2-10(3-5-11)6-7-18-13-8-12(14(15,16)17)19-9-20-13/h2-5,8-9H,6-7H2,1H3,(H,18,19,20). The smallest absolute Gasteiger partial charge is 0.433 e. The van der Waals surface area contributed by atoms with Crippen LogP contribution in [0.25, 0.3) is 0 Å². The minimum atomic E-state index is -4.46. The molecule has 0 aliphatic rings. The minimum Gasteiger partial charge on any atom is -0.497 e. The quantitative estimate of drug-likeness (QED) is 0.921. The summed E-state index contributed by atoms with van der Waals surface area (Å²) in [7, 11) is 1.59. The Balaban J connectivity index is 1.91. The van der Waals surface area contributed by atoms with E-state index in [1.54, 1.807) is 7.11 Å². The molecule has 1 N–H and O–H groups in total. The maximum atomic E-state index is 12.5. The summed E-state index contributed by atoms with van der Waals surface area (Å²) < 4.78 is 42.5. The maximum Gasteiger partial charge on any atom is 0.433 e. The predicted molar refractivity (Wildman–Crippen MR) is 72.2 cm³/mol. The lowest BCUT2D eigenvalue weighted by Gasteiger charge is -2.09. The Morgan fingerprint density at radius 1 is 1.14 bits per heavy atom. The van der Waals surface area contributed by atoms with Crippen LogP contribution in [0.2, 0.25) is 0 Å². The summed E-state index contributed by atoms with van der Waals surface area (Å²) in [6, 6.07) is 8.38. The monoisotopic (exact) mass is 297 g/mol. The van der Waals surface area contributed by atoms with Crippen molar-refractivity contribution in [1.82, 2.24) is 9.97 Å². The number of methoxy groups -OCH3 is 1. The van der Waals surface area contributed by atoms with E-state index in [0.29, 0.717) is 13.0 Å². The van der Waals surface area contributed by atoms with Gasteiger partial charge in [0.2, 0.25) is 0 Å². The second kappa shape index (κ2) is 6.43. The van der Waals surface area contributed by atoms with Gasteiger partial charge in [0, 0.05) is 12.6 Å². The molecule has 0 radical (unpaired) electrons. The molecule has 0 aliphatic heterocycles. The van der Waals surface area contributed by atoms with Crippen LogP contribution in [0.4, 0.5) is 19.0 Å². The Hall–Kier alpha value is -2.31. The molecule has 0 unspecified atom stereocenters. The Labute approximate surface area is 120 Å². The van der Waals surface area contributed by atoms with E-state index in [0.717, 1.165) is 23.7 Å². The third-order valence-corrected chi connectivity index (χ3v) is 2.84. The largest absolute Gasteiger partial charge is 0.497 e. The van der Waals surface area contributed by atoms with E-state index in [1.165, 1.54) is 0 Å². The Morgan fingerprint density at radius 2 is 1.86 bits per heavy atom. The van der Waals surface area contributed by atoms with Crippen LogP contribution in [0.1, 0.15) is 11.3 Å². The van der Waals surface area contributed by atoms with Crippen molar-refractivity contribution in [2.24, 2.45) is 0 Å². The van der Waals surface area contributed by atoms with Crippen molar-refractivity contribution in [2.45, 2.75) is 12.6 Å². The molecule has 0 saturated heterocycles. The van der Waals surface area contributed by atoms with Gasteiger partial charge in [0.1, 0.15) is 23.6 Å². The predicted octanol–water partition coefficient (Wildman–Crippen LogP) is 3.16. The molecule has 1 aromatic carbocycles. The molecule has 7 heteroatoms. The molecule has 2 aromatic rings. The average molecular weight is 297 g/mol. The fraction of sp³-hybridized carbons (Fsp3) is 0.286. The molecule has 4 nitrogen and oxygen atoms in total.